The molecule has 3 heterocycles. The van der Waals surface area contributed by atoms with Gasteiger partial charge in [0.15, 0.2) is 23.6 Å². The molecule has 0 radical (unpaired) electrons. The molecule has 12 heteroatoms. The summed E-state index contributed by atoms with van der Waals surface area (Å²) < 4.78 is 21.5. The molecule has 4 rings (SSSR count). The highest BCUT2D eigenvalue weighted by atomic mass is 19.1. The lowest BCUT2D eigenvalue weighted by Crippen LogP contribution is -2.28. The summed E-state index contributed by atoms with van der Waals surface area (Å²) in [4.78, 5) is 24.5. The van der Waals surface area contributed by atoms with Crippen molar-refractivity contribution >= 4 is 17.1 Å². The molecular formula is C11H11FN8O3. The fourth-order valence-corrected chi connectivity index (χ4v) is 3.20. The molecule has 11 nitrogen and oxygen atoms in total. The van der Waals surface area contributed by atoms with E-state index in [4.69, 9.17) is 16.0 Å². The molecule has 2 aliphatic rings. The van der Waals surface area contributed by atoms with E-state index in [1.54, 1.807) is 0 Å². The number of rotatable bonds is 3. The number of aliphatic hydroxyl groups is 1. The third-order valence-electron chi connectivity index (χ3n) is 4.36. The van der Waals surface area contributed by atoms with Crippen molar-refractivity contribution in [2.24, 2.45) is 11.0 Å². The predicted octanol–water partition coefficient (Wildman–Crippen LogP) is -0.392. The molecule has 0 amide bonds. The van der Waals surface area contributed by atoms with E-state index in [-0.39, 0.29) is 23.7 Å². The van der Waals surface area contributed by atoms with Crippen molar-refractivity contribution in [1.82, 2.24) is 19.5 Å². The molecule has 1 saturated heterocycles. The van der Waals surface area contributed by atoms with Crippen LogP contribution in [-0.2, 0) is 4.74 Å². The lowest BCUT2D eigenvalue weighted by Gasteiger charge is -2.21. The second-order valence-electron chi connectivity index (χ2n) is 5.54. The fourth-order valence-electron chi connectivity index (χ4n) is 3.20. The number of nitrogens with zero attached hydrogens (tertiary/aromatic N) is 6. The van der Waals surface area contributed by atoms with Crippen LogP contribution in [0.4, 0.5) is 10.3 Å². The summed E-state index contributed by atoms with van der Waals surface area (Å²) >= 11 is 0. The van der Waals surface area contributed by atoms with Crippen LogP contribution in [0.5, 0.6) is 0 Å². The van der Waals surface area contributed by atoms with Crippen molar-refractivity contribution < 1.29 is 14.2 Å². The smallest absolute Gasteiger partial charge is 0.280 e. The Balaban J connectivity index is 1.76. The molecule has 5 atom stereocenters. The van der Waals surface area contributed by atoms with Gasteiger partial charge >= 0.3 is 0 Å². The molecule has 0 spiro atoms. The van der Waals surface area contributed by atoms with Gasteiger partial charge in [-0.1, -0.05) is 5.11 Å². The number of halogens is 1. The normalized spacial score (nSPS) is 35.0. The number of hydrogen-bond acceptors (Lipinski definition) is 7. The number of fused-ring (bicyclic) bond motifs is 2. The van der Waals surface area contributed by atoms with Crippen LogP contribution >= 0.6 is 0 Å². The first-order chi connectivity index (χ1) is 11.0. The highest BCUT2D eigenvalue weighted by molar-refractivity contribution is 5.70. The van der Waals surface area contributed by atoms with Crippen LogP contribution in [0.3, 0.4) is 0 Å². The lowest BCUT2D eigenvalue weighted by molar-refractivity contribution is -0.0822. The van der Waals surface area contributed by atoms with Gasteiger partial charge in [-0.2, -0.15) is 4.98 Å². The minimum atomic E-state index is -1.57. The van der Waals surface area contributed by atoms with Gasteiger partial charge in [0, 0.05) is 4.91 Å². The Kier molecular flexibility index (Phi) is 2.67. The van der Waals surface area contributed by atoms with E-state index in [9.17, 15) is 14.3 Å². The van der Waals surface area contributed by atoms with Crippen LogP contribution in [0.1, 0.15) is 6.23 Å². The summed E-state index contributed by atoms with van der Waals surface area (Å²) in [6.45, 7) is -0.185. The Bertz CT molecular complexity index is 904. The van der Waals surface area contributed by atoms with E-state index in [0.29, 0.717) is 0 Å². The van der Waals surface area contributed by atoms with Crippen molar-refractivity contribution in [3.8, 4) is 0 Å². The predicted molar refractivity (Wildman–Crippen MR) is 73.8 cm³/mol. The Morgan fingerprint density at radius 1 is 1.70 bits per heavy atom. The molecule has 2 aromatic rings. The maximum atomic E-state index is 14.6. The minimum Gasteiger partial charge on any atom is -0.390 e. The molecule has 2 unspecified atom stereocenters. The van der Waals surface area contributed by atoms with E-state index in [1.807, 2.05) is 0 Å². The van der Waals surface area contributed by atoms with Crippen LogP contribution < -0.4 is 11.3 Å². The molecule has 1 aliphatic carbocycles. The fraction of sp³-hybridized carbons (Fsp3) is 0.545. The third-order valence-corrected chi connectivity index (χ3v) is 4.36. The van der Waals surface area contributed by atoms with Gasteiger partial charge in [0.05, 0.1) is 24.9 Å². The molecule has 2 aromatic heterocycles. The van der Waals surface area contributed by atoms with Crippen LogP contribution in [0.25, 0.3) is 21.6 Å². The average molecular weight is 322 g/mol. The number of alkyl halides is 1. The molecular weight excluding hydrogens is 311 g/mol. The molecule has 1 saturated carbocycles. The lowest BCUT2D eigenvalue weighted by atomic mass is 10.2. The zero-order valence-corrected chi connectivity index (χ0v) is 11.5. The maximum Gasteiger partial charge on any atom is 0.280 e. The Morgan fingerprint density at radius 2 is 2.48 bits per heavy atom. The number of hydrogen-bond donors (Lipinski definition) is 3. The van der Waals surface area contributed by atoms with Crippen LogP contribution in [0, 0.1) is 5.92 Å². The first-order valence-electron chi connectivity index (χ1n) is 6.73. The van der Waals surface area contributed by atoms with E-state index in [0.717, 1.165) is 0 Å². The molecule has 1 aliphatic heterocycles. The first-order valence-corrected chi connectivity index (χ1v) is 6.73. The van der Waals surface area contributed by atoms with Crippen molar-refractivity contribution in [2.75, 3.05) is 12.3 Å². The number of nitrogens with one attached hydrogen (secondary N) is 1. The van der Waals surface area contributed by atoms with E-state index >= 15 is 0 Å². The van der Waals surface area contributed by atoms with Gasteiger partial charge in [-0.05, 0) is 5.53 Å². The molecule has 4 N–H and O–H groups in total. The largest absolute Gasteiger partial charge is 0.390 e. The van der Waals surface area contributed by atoms with Crippen LogP contribution in [-0.4, -0.2) is 49.0 Å². The number of aromatic amines is 1. The number of anilines is 1. The van der Waals surface area contributed by atoms with Crippen molar-refractivity contribution in [2.45, 2.75) is 24.1 Å². The number of nitrogen functional groups attached to an aromatic ring is 1. The number of H-pyrrole nitrogens is 1. The highest BCUT2D eigenvalue weighted by Crippen LogP contribution is 2.60. The van der Waals surface area contributed by atoms with Crippen LogP contribution in [0.2, 0.25) is 0 Å². The van der Waals surface area contributed by atoms with Crippen LogP contribution in [0.15, 0.2) is 16.2 Å². The summed E-state index contributed by atoms with van der Waals surface area (Å²) in [6.07, 6.45) is -2.53. The quantitative estimate of drug-likeness (QED) is 0.395. The Morgan fingerprint density at radius 3 is 3.22 bits per heavy atom. The van der Waals surface area contributed by atoms with Gasteiger partial charge in [0.25, 0.3) is 5.56 Å². The number of nitrogens with two attached hydrogens (primary N) is 1. The van der Waals surface area contributed by atoms with Gasteiger partial charge in [-0.25, -0.2) is 9.37 Å². The van der Waals surface area contributed by atoms with Gasteiger partial charge in [-0.15, -0.1) is 0 Å². The molecule has 0 bridgehead atoms. The van der Waals surface area contributed by atoms with Crippen molar-refractivity contribution in [3.63, 3.8) is 0 Å². The standard InChI is InChI=1S/C11H11FN8O3/c12-4-3-6(21)11(3,1-16-19-14)23-9(4)20-2-15-5-7(20)17-10(13)18-8(5)22/h2-4,6,9,21H,1H2,(H3,13,17,18,22)/t3?,4-,6?,9-,11+/m1/s1. The number of aliphatic hydroxyl groups excluding tert-OH is 1. The Hall–Kier alpha value is -2.69. The first kappa shape index (κ1) is 13.9. The summed E-state index contributed by atoms with van der Waals surface area (Å²) in [5, 5.41) is 13.2. The summed E-state index contributed by atoms with van der Waals surface area (Å²) in [5.41, 5.74) is 12.2. The zero-order chi connectivity index (χ0) is 16.4. The van der Waals surface area contributed by atoms with Crippen molar-refractivity contribution in [3.05, 3.63) is 27.1 Å². The number of ether oxygens (including phenoxy) is 1. The molecule has 0 aromatic carbocycles. The van der Waals surface area contributed by atoms with E-state index in [1.165, 1.54) is 10.9 Å². The van der Waals surface area contributed by atoms with E-state index in [2.05, 4.69) is 25.0 Å². The number of azide groups is 1. The van der Waals surface area contributed by atoms with Crippen molar-refractivity contribution in [1.29, 1.82) is 0 Å². The summed E-state index contributed by atoms with van der Waals surface area (Å²) in [7, 11) is 0. The number of aromatic nitrogens is 4. The van der Waals surface area contributed by atoms with Gasteiger partial charge in [0.2, 0.25) is 5.95 Å². The van der Waals surface area contributed by atoms with Gasteiger partial charge < -0.3 is 15.6 Å². The molecule has 120 valence electrons. The third kappa shape index (κ3) is 1.70. The average Bonchev–Trinajstić information content (AvgIpc) is 2.82. The van der Waals surface area contributed by atoms with Gasteiger partial charge in [-0.3, -0.25) is 14.3 Å². The zero-order valence-electron chi connectivity index (χ0n) is 11.5. The second-order valence-corrected chi connectivity index (χ2v) is 5.54. The minimum absolute atomic E-state index is 0.000202. The van der Waals surface area contributed by atoms with E-state index < -0.39 is 35.6 Å². The highest BCUT2D eigenvalue weighted by Gasteiger charge is 2.76. The second kappa shape index (κ2) is 4.41. The molecule has 2 fully saturated rings. The maximum absolute atomic E-state index is 14.6. The number of imidazole rings is 1. The van der Waals surface area contributed by atoms with Gasteiger partial charge in [0.1, 0.15) is 5.60 Å². The monoisotopic (exact) mass is 322 g/mol. The SMILES string of the molecule is [N-]=[N+]=NC[C@]12O[C@@H](n3cnc4c(=O)[nH]c(N)nc43)[C@H](F)C1C2O. The Labute approximate surface area is 126 Å². The molecule has 23 heavy (non-hydrogen) atoms. The summed E-state index contributed by atoms with van der Waals surface area (Å²) in [6, 6.07) is 0. The topological polar surface area (TPSA) is 168 Å². The summed E-state index contributed by atoms with van der Waals surface area (Å²) in [5.74, 6) is -0.943.